The Labute approximate surface area is 142 Å². The lowest BCUT2D eigenvalue weighted by atomic mass is 10.2. The molecule has 120 valence electrons. The van der Waals surface area contributed by atoms with Gasteiger partial charge < -0.3 is 14.8 Å². The molecule has 1 fully saturated rings. The van der Waals surface area contributed by atoms with Gasteiger partial charge >= 0.3 is 0 Å². The predicted molar refractivity (Wildman–Crippen MR) is 92.8 cm³/mol. The summed E-state index contributed by atoms with van der Waals surface area (Å²) >= 11 is 3.63. The number of rotatable bonds is 6. The van der Waals surface area contributed by atoms with Crippen molar-refractivity contribution in [2.45, 2.75) is 58.2 Å². The number of benzene rings is 1. The van der Waals surface area contributed by atoms with Crippen LogP contribution in [0.4, 0.5) is 0 Å². The van der Waals surface area contributed by atoms with Gasteiger partial charge in [0.25, 0.3) is 0 Å². The lowest BCUT2D eigenvalue weighted by molar-refractivity contribution is 0.200. The Kier molecular flexibility index (Phi) is 7.85. The topological polar surface area (TPSA) is 30.5 Å². The summed E-state index contributed by atoms with van der Waals surface area (Å²) in [5, 5.41) is 3.42. The van der Waals surface area contributed by atoms with Gasteiger partial charge in [-0.15, -0.1) is 12.4 Å². The molecule has 2 rings (SSSR count). The number of ether oxygens (including phenoxy) is 2. The second-order valence-electron chi connectivity index (χ2n) is 5.65. The summed E-state index contributed by atoms with van der Waals surface area (Å²) in [5.41, 5.74) is 1.19. The van der Waals surface area contributed by atoms with Gasteiger partial charge in [-0.1, -0.05) is 29.8 Å². The molecule has 0 aromatic heterocycles. The van der Waals surface area contributed by atoms with Crippen molar-refractivity contribution in [2.75, 3.05) is 7.11 Å². The molecule has 0 radical (unpaired) electrons. The van der Waals surface area contributed by atoms with E-state index in [1.165, 1.54) is 18.4 Å². The number of hydrogen-bond acceptors (Lipinski definition) is 3. The second kappa shape index (κ2) is 8.86. The highest BCUT2D eigenvalue weighted by Gasteiger charge is 2.19. The van der Waals surface area contributed by atoms with E-state index >= 15 is 0 Å². The van der Waals surface area contributed by atoms with Crippen LogP contribution in [0.3, 0.4) is 0 Å². The minimum Gasteiger partial charge on any atom is -0.493 e. The molecule has 1 aromatic carbocycles. The molecular weight excluding hydrogens is 354 g/mol. The summed E-state index contributed by atoms with van der Waals surface area (Å²) in [5.74, 6) is 1.67. The molecular formula is C16H25BrClNO2. The van der Waals surface area contributed by atoms with Crippen molar-refractivity contribution >= 4 is 28.3 Å². The Balaban J connectivity index is 0.00000220. The zero-order valence-electron chi connectivity index (χ0n) is 12.9. The van der Waals surface area contributed by atoms with Crippen LogP contribution in [0.25, 0.3) is 0 Å². The van der Waals surface area contributed by atoms with Gasteiger partial charge in [-0.3, -0.25) is 0 Å². The van der Waals surface area contributed by atoms with Crippen molar-refractivity contribution in [3.05, 3.63) is 22.2 Å². The molecule has 0 atom stereocenters. The van der Waals surface area contributed by atoms with Gasteiger partial charge in [0.15, 0.2) is 11.5 Å². The van der Waals surface area contributed by atoms with Crippen molar-refractivity contribution < 1.29 is 9.47 Å². The van der Waals surface area contributed by atoms with Crippen LogP contribution in [0.2, 0.25) is 0 Å². The molecule has 0 heterocycles. The van der Waals surface area contributed by atoms with Crippen LogP contribution in [-0.4, -0.2) is 19.3 Å². The Hall–Kier alpha value is -0.450. The smallest absolute Gasteiger partial charge is 0.162 e. The summed E-state index contributed by atoms with van der Waals surface area (Å²) < 4.78 is 12.6. The summed E-state index contributed by atoms with van der Waals surface area (Å²) in [6.07, 6.45) is 5.18. The molecule has 0 unspecified atom stereocenters. The largest absolute Gasteiger partial charge is 0.493 e. The molecule has 3 nitrogen and oxygen atoms in total. The lowest BCUT2D eigenvalue weighted by Gasteiger charge is -2.18. The number of nitrogens with one attached hydrogen (secondary N) is 1. The lowest BCUT2D eigenvalue weighted by Crippen LogP contribution is -2.22. The maximum absolute atomic E-state index is 6.08. The fourth-order valence-electron chi connectivity index (χ4n) is 2.46. The Morgan fingerprint density at radius 3 is 2.48 bits per heavy atom. The van der Waals surface area contributed by atoms with E-state index in [1.807, 2.05) is 6.07 Å². The monoisotopic (exact) mass is 377 g/mol. The van der Waals surface area contributed by atoms with Gasteiger partial charge in [-0.05, 0) is 43.4 Å². The normalized spacial score (nSPS) is 15.1. The molecule has 1 aliphatic carbocycles. The van der Waals surface area contributed by atoms with Crippen LogP contribution in [0.1, 0.15) is 45.1 Å². The van der Waals surface area contributed by atoms with Crippen molar-refractivity contribution in [2.24, 2.45) is 0 Å². The molecule has 0 amide bonds. The number of methoxy groups -OCH3 is 1. The Morgan fingerprint density at radius 2 is 1.90 bits per heavy atom. The highest BCUT2D eigenvalue weighted by Crippen LogP contribution is 2.36. The Morgan fingerprint density at radius 1 is 1.24 bits per heavy atom. The molecule has 21 heavy (non-hydrogen) atoms. The fraction of sp³-hybridized carbons (Fsp3) is 0.625. The molecule has 1 aromatic rings. The minimum atomic E-state index is 0. The second-order valence-corrected chi connectivity index (χ2v) is 6.51. The highest BCUT2D eigenvalue weighted by molar-refractivity contribution is 9.10. The van der Waals surface area contributed by atoms with E-state index in [9.17, 15) is 0 Å². The first-order valence-corrected chi connectivity index (χ1v) is 8.16. The molecule has 0 bridgehead atoms. The van der Waals surface area contributed by atoms with E-state index in [0.717, 1.165) is 35.4 Å². The van der Waals surface area contributed by atoms with Crippen LogP contribution >= 0.6 is 28.3 Å². The van der Waals surface area contributed by atoms with E-state index < -0.39 is 0 Å². The summed E-state index contributed by atoms with van der Waals surface area (Å²) in [6, 6.07) is 4.56. The van der Waals surface area contributed by atoms with E-state index in [4.69, 9.17) is 9.47 Å². The van der Waals surface area contributed by atoms with Crippen molar-refractivity contribution in [1.82, 2.24) is 5.32 Å². The van der Waals surface area contributed by atoms with Crippen molar-refractivity contribution in [3.63, 3.8) is 0 Å². The number of halogens is 2. The van der Waals surface area contributed by atoms with Crippen LogP contribution in [0.15, 0.2) is 16.6 Å². The van der Waals surface area contributed by atoms with E-state index in [-0.39, 0.29) is 12.4 Å². The molecule has 1 aliphatic rings. The first kappa shape index (κ1) is 18.6. The van der Waals surface area contributed by atoms with Gasteiger partial charge in [-0.25, -0.2) is 0 Å². The Bertz CT molecular complexity index is 448. The standard InChI is InChI=1S/C16H24BrNO2.ClH/c1-11(2)18-10-12-8-15(19-3)16(9-14(12)17)20-13-6-4-5-7-13;/h8-9,11,13,18H,4-7,10H2,1-3H3;1H. The van der Waals surface area contributed by atoms with Gasteiger partial charge in [0.1, 0.15) is 0 Å². The summed E-state index contributed by atoms with van der Waals surface area (Å²) in [4.78, 5) is 0. The third kappa shape index (κ3) is 5.35. The van der Waals surface area contributed by atoms with Crippen molar-refractivity contribution in [1.29, 1.82) is 0 Å². The van der Waals surface area contributed by atoms with Gasteiger partial charge in [-0.2, -0.15) is 0 Å². The molecule has 1 saturated carbocycles. The van der Waals surface area contributed by atoms with Crippen LogP contribution in [0.5, 0.6) is 11.5 Å². The van der Waals surface area contributed by atoms with Crippen molar-refractivity contribution in [3.8, 4) is 11.5 Å². The third-order valence-corrected chi connectivity index (χ3v) is 4.37. The SMILES string of the molecule is COc1cc(CNC(C)C)c(Br)cc1OC1CCCC1.Cl. The van der Waals surface area contributed by atoms with Gasteiger partial charge in [0.2, 0.25) is 0 Å². The highest BCUT2D eigenvalue weighted by atomic mass is 79.9. The summed E-state index contributed by atoms with van der Waals surface area (Å²) in [6.45, 7) is 5.10. The molecule has 0 aliphatic heterocycles. The van der Waals surface area contributed by atoms with E-state index in [0.29, 0.717) is 12.1 Å². The first-order valence-electron chi connectivity index (χ1n) is 7.36. The maximum Gasteiger partial charge on any atom is 0.162 e. The van der Waals surface area contributed by atoms with Crippen LogP contribution in [-0.2, 0) is 6.54 Å². The fourth-order valence-corrected chi connectivity index (χ4v) is 2.93. The predicted octanol–water partition coefficient (Wildman–Crippen LogP) is 4.70. The average molecular weight is 379 g/mol. The summed E-state index contributed by atoms with van der Waals surface area (Å²) in [7, 11) is 1.70. The average Bonchev–Trinajstić information content (AvgIpc) is 2.90. The maximum atomic E-state index is 6.08. The van der Waals surface area contributed by atoms with Crippen LogP contribution in [0, 0.1) is 0 Å². The van der Waals surface area contributed by atoms with E-state index in [2.05, 4.69) is 41.2 Å². The first-order chi connectivity index (χ1) is 9.60. The zero-order valence-corrected chi connectivity index (χ0v) is 15.4. The number of hydrogen-bond donors (Lipinski definition) is 1. The van der Waals surface area contributed by atoms with Gasteiger partial charge in [0, 0.05) is 17.1 Å². The molecule has 0 saturated heterocycles. The minimum absolute atomic E-state index is 0. The van der Waals surface area contributed by atoms with Gasteiger partial charge in [0.05, 0.1) is 13.2 Å². The third-order valence-electron chi connectivity index (χ3n) is 3.63. The zero-order chi connectivity index (χ0) is 14.5. The van der Waals surface area contributed by atoms with E-state index in [1.54, 1.807) is 7.11 Å². The molecule has 0 spiro atoms. The quantitative estimate of drug-likeness (QED) is 0.778. The molecule has 1 N–H and O–H groups in total. The van der Waals surface area contributed by atoms with Crippen LogP contribution < -0.4 is 14.8 Å². The molecule has 5 heteroatoms.